The van der Waals surface area contributed by atoms with Gasteiger partial charge in [0.25, 0.3) is 0 Å². The van der Waals surface area contributed by atoms with Crippen LogP contribution < -0.4 is 16.0 Å². The van der Waals surface area contributed by atoms with E-state index in [0.29, 0.717) is 23.1 Å². The topological polar surface area (TPSA) is 83.1 Å². The number of hydrogen-bond donors (Lipinski definition) is 3. The molecule has 3 N–H and O–H groups in total. The van der Waals surface area contributed by atoms with Crippen LogP contribution in [0, 0.1) is 0 Å². The number of urea groups is 1. The van der Waals surface area contributed by atoms with Gasteiger partial charge < -0.3 is 16.0 Å². The van der Waals surface area contributed by atoms with Crippen LogP contribution in [0.2, 0.25) is 0 Å². The normalized spacial score (nSPS) is 13.3. The van der Waals surface area contributed by atoms with Crippen LogP contribution in [0.3, 0.4) is 0 Å². The summed E-state index contributed by atoms with van der Waals surface area (Å²) in [6.45, 7) is 1.53. The third kappa shape index (κ3) is 4.29. The zero-order chi connectivity index (χ0) is 16.2. The van der Waals surface area contributed by atoms with Gasteiger partial charge in [0.15, 0.2) is 5.78 Å². The second kappa shape index (κ2) is 6.48. The van der Waals surface area contributed by atoms with Crippen molar-refractivity contribution < 1.29 is 9.59 Å². The number of hydrogen-bond acceptors (Lipinski definition) is 4. The summed E-state index contributed by atoms with van der Waals surface area (Å²) in [6, 6.07) is 10.9. The molecule has 1 saturated carbocycles. The van der Waals surface area contributed by atoms with E-state index in [1.807, 2.05) is 12.1 Å². The molecule has 1 aliphatic rings. The van der Waals surface area contributed by atoms with Crippen molar-refractivity contribution >= 4 is 29.0 Å². The van der Waals surface area contributed by atoms with E-state index in [4.69, 9.17) is 0 Å². The first-order chi connectivity index (χ1) is 11.1. The highest BCUT2D eigenvalue weighted by Gasteiger charge is 2.23. The van der Waals surface area contributed by atoms with Gasteiger partial charge in [-0.3, -0.25) is 4.79 Å². The second-order valence-corrected chi connectivity index (χ2v) is 5.57. The minimum atomic E-state index is -0.204. The molecule has 2 amide bonds. The van der Waals surface area contributed by atoms with Crippen molar-refractivity contribution in [2.75, 3.05) is 10.6 Å². The molecular formula is C17H18N4O2. The number of pyridine rings is 1. The maximum Gasteiger partial charge on any atom is 0.319 e. The van der Waals surface area contributed by atoms with Gasteiger partial charge in [0, 0.05) is 17.3 Å². The Morgan fingerprint density at radius 1 is 1.13 bits per heavy atom. The van der Waals surface area contributed by atoms with Gasteiger partial charge in [0.05, 0.1) is 11.9 Å². The largest absolute Gasteiger partial charge is 0.340 e. The molecule has 1 aromatic carbocycles. The molecule has 1 fully saturated rings. The minimum Gasteiger partial charge on any atom is -0.340 e. The van der Waals surface area contributed by atoms with Gasteiger partial charge in [-0.2, -0.15) is 0 Å². The van der Waals surface area contributed by atoms with Gasteiger partial charge in [-0.25, -0.2) is 9.78 Å². The molecule has 0 unspecified atom stereocenters. The highest BCUT2D eigenvalue weighted by molar-refractivity contribution is 5.95. The number of nitrogens with one attached hydrogen (secondary N) is 3. The zero-order valence-electron chi connectivity index (χ0n) is 12.8. The summed E-state index contributed by atoms with van der Waals surface area (Å²) in [5.74, 6) is 0.654. The summed E-state index contributed by atoms with van der Waals surface area (Å²) >= 11 is 0. The summed E-state index contributed by atoms with van der Waals surface area (Å²) in [7, 11) is 0. The van der Waals surface area contributed by atoms with Crippen molar-refractivity contribution in [3.63, 3.8) is 0 Å². The van der Waals surface area contributed by atoms with Crippen molar-refractivity contribution in [3.05, 3.63) is 48.2 Å². The Bertz CT molecular complexity index is 724. The van der Waals surface area contributed by atoms with E-state index >= 15 is 0 Å². The van der Waals surface area contributed by atoms with E-state index in [0.717, 1.165) is 18.5 Å². The fourth-order valence-corrected chi connectivity index (χ4v) is 2.09. The Kier molecular flexibility index (Phi) is 4.23. The molecule has 0 radical (unpaired) electrons. The van der Waals surface area contributed by atoms with Crippen LogP contribution in [0.15, 0.2) is 42.6 Å². The molecular weight excluding hydrogens is 292 g/mol. The summed E-state index contributed by atoms with van der Waals surface area (Å²) in [4.78, 5) is 27.3. The van der Waals surface area contributed by atoms with Crippen molar-refractivity contribution in [3.8, 4) is 0 Å². The van der Waals surface area contributed by atoms with Crippen molar-refractivity contribution in [1.29, 1.82) is 0 Å². The zero-order valence-corrected chi connectivity index (χ0v) is 12.8. The van der Waals surface area contributed by atoms with Crippen LogP contribution in [0.1, 0.15) is 30.1 Å². The van der Waals surface area contributed by atoms with E-state index in [1.165, 1.54) is 6.92 Å². The lowest BCUT2D eigenvalue weighted by Crippen LogP contribution is -2.30. The fourth-order valence-electron chi connectivity index (χ4n) is 2.09. The highest BCUT2D eigenvalue weighted by Crippen LogP contribution is 2.20. The number of Topliss-reactive ketones (excluding diaryl/α,β-unsaturated/α-hetero) is 1. The predicted octanol–water partition coefficient (Wildman–Crippen LogP) is 3.31. The first-order valence-corrected chi connectivity index (χ1v) is 7.52. The van der Waals surface area contributed by atoms with Gasteiger partial charge in [-0.05, 0) is 44.0 Å². The van der Waals surface area contributed by atoms with Crippen molar-refractivity contribution in [1.82, 2.24) is 10.3 Å². The molecule has 118 valence electrons. The van der Waals surface area contributed by atoms with Crippen molar-refractivity contribution in [2.45, 2.75) is 25.8 Å². The van der Waals surface area contributed by atoms with E-state index in [9.17, 15) is 9.59 Å². The van der Waals surface area contributed by atoms with E-state index in [1.54, 1.807) is 30.5 Å². The molecule has 0 atom stereocenters. The second-order valence-electron chi connectivity index (χ2n) is 5.57. The molecule has 6 nitrogen and oxygen atoms in total. The molecule has 3 rings (SSSR count). The van der Waals surface area contributed by atoms with Crippen LogP contribution >= 0.6 is 0 Å². The number of carbonyl (C=O) groups is 2. The quantitative estimate of drug-likeness (QED) is 0.740. The average Bonchev–Trinajstić information content (AvgIpc) is 3.33. The van der Waals surface area contributed by atoms with Gasteiger partial charge in [-0.15, -0.1) is 0 Å². The molecule has 2 aromatic rings. The molecule has 1 aromatic heterocycles. The number of aromatic nitrogens is 1. The molecule has 23 heavy (non-hydrogen) atoms. The highest BCUT2D eigenvalue weighted by atomic mass is 16.2. The average molecular weight is 310 g/mol. The summed E-state index contributed by atoms with van der Waals surface area (Å²) in [5, 5.41) is 8.72. The van der Waals surface area contributed by atoms with Gasteiger partial charge >= 0.3 is 6.03 Å². The van der Waals surface area contributed by atoms with E-state index in [-0.39, 0.29) is 11.8 Å². The lowest BCUT2D eigenvalue weighted by atomic mass is 10.1. The fraction of sp³-hybridized carbons (Fsp3) is 0.235. The number of benzene rings is 1. The maximum atomic E-state index is 11.6. The number of carbonyl (C=O) groups excluding carboxylic acids is 2. The maximum absolute atomic E-state index is 11.6. The molecule has 6 heteroatoms. The van der Waals surface area contributed by atoms with Crippen LogP contribution in [0.4, 0.5) is 22.0 Å². The molecule has 0 bridgehead atoms. The van der Waals surface area contributed by atoms with Crippen LogP contribution in [0.5, 0.6) is 0 Å². The Labute approximate surface area is 134 Å². The van der Waals surface area contributed by atoms with Gasteiger partial charge in [0.2, 0.25) is 0 Å². The van der Waals surface area contributed by atoms with Gasteiger partial charge in [0.1, 0.15) is 5.82 Å². The third-order valence-corrected chi connectivity index (χ3v) is 3.48. The molecule has 1 heterocycles. The third-order valence-electron chi connectivity index (χ3n) is 3.48. The predicted molar refractivity (Wildman–Crippen MR) is 89.1 cm³/mol. The summed E-state index contributed by atoms with van der Waals surface area (Å²) in [6.07, 6.45) is 3.69. The first-order valence-electron chi connectivity index (χ1n) is 7.52. The number of nitrogens with zero attached hydrogens (tertiary/aromatic N) is 1. The first kappa shape index (κ1) is 15.0. The smallest absolute Gasteiger partial charge is 0.319 e. The number of amides is 2. The lowest BCUT2D eigenvalue weighted by molar-refractivity contribution is 0.101. The molecule has 0 saturated heterocycles. The SMILES string of the molecule is CC(=O)c1cccc(Nc2ccc(NC(=O)NC3CC3)cn2)c1. The monoisotopic (exact) mass is 310 g/mol. The summed E-state index contributed by atoms with van der Waals surface area (Å²) in [5.41, 5.74) is 2.06. The Hall–Kier alpha value is -2.89. The number of rotatable bonds is 5. The Morgan fingerprint density at radius 2 is 1.96 bits per heavy atom. The minimum absolute atomic E-state index is 0.0165. The Morgan fingerprint density at radius 3 is 2.61 bits per heavy atom. The Balaban J connectivity index is 1.61. The molecule has 0 aliphatic heterocycles. The van der Waals surface area contributed by atoms with Crippen LogP contribution in [-0.2, 0) is 0 Å². The van der Waals surface area contributed by atoms with Gasteiger partial charge in [-0.1, -0.05) is 12.1 Å². The standard InChI is InChI=1S/C17H18N4O2/c1-11(22)12-3-2-4-14(9-12)19-16-8-7-15(10-18-16)21-17(23)20-13-5-6-13/h2-4,7-10,13H,5-6H2,1H3,(H,18,19)(H2,20,21,23). The molecule has 0 spiro atoms. The van der Waals surface area contributed by atoms with Crippen LogP contribution in [0.25, 0.3) is 0 Å². The van der Waals surface area contributed by atoms with E-state index < -0.39 is 0 Å². The van der Waals surface area contributed by atoms with Crippen LogP contribution in [-0.4, -0.2) is 22.8 Å². The summed E-state index contributed by atoms with van der Waals surface area (Å²) < 4.78 is 0. The molecule has 1 aliphatic carbocycles. The lowest BCUT2D eigenvalue weighted by Gasteiger charge is -2.09. The number of ketones is 1. The van der Waals surface area contributed by atoms with E-state index in [2.05, 4.69) is 20.9 Å². The van der Waals surface area contributed by atoms with Crippen molar-refractivity contribution in [2.24, 2.45) is 0 Å². The number of anilines is 3.